The predicted octanol–water partition coefficient (Wildman–Crippen LogP) is 4.67. The summed E-state index contributed by atoms with van der Waals surface area (Å²) in [7, 11) is 0. The second-order valence-electron chi connectivity index (χ2n) is 8.39. The van der Waals surface area contributed by atoms with Gasteiger partial charge in [0.2, 0.25) is 5.91 Å². The van der Waals surface area contributed by atoms with Crippen molar-refractivity contribution in [3.8, 4) is 5.69 Å². The standard InChI is InChI=1S/C25H27ClN4O2/c1-16-7-8-20(15-21(16)26)30-23(31)10-9-22(28-30)29-13-11-19(12-14-29)25(32)27-24-17(2)5-4-6-18(24)3/h4-10,15,19H,11-14H2,1-3H3,(H,27,32). The van der Waals surface area contributed by atoms with Crippen LogP contribution in [0.1, 0.15) is 29.5 Å². The van der Waals surface area contributed by atoms with Crippen LogP contribution in [0.15, 0.2) is 53.3 Å². The number of carbonyl (C=O) groups is 1. The highest BCUT2D eigenvalue weighted by atomic mass is 35.5. The van der Waals surface area contributed by atoms with Crippen LogP contribution in [0.4, 0.5) is 11.5 Å². The largest absolute Gasteiger partial charge is 0.355 e. The Morgan fingerprint density at radius 1 is 1.00 bits per heavy atom. The van der Waals surface area contributed by atoms with E-state index in [1.807, 2.05) is 51.1 Å². The van der Waals surface area contributed by atoms with Gasteiger partial charge in [0.05, 0.1) is 5.69 Å². The molecule has 0 spiro atoms. The third-order valence-electron chi connectivity index (χ3n) is 6.11. The molecule has 0 unspecified atom stereocenters. The first-order chi connectivity index (χ1) is 15.3. The van der Waals surface area contributed by atoms with Crippen molar-refractivity contribution in [2.24, 2.45) is 5.92 Å². The van der Waals surface area contributed by atoms with E-state index in [4.69, 9.17) is 11.6 Å². The number of aromatic nitrogens is 2. The first kappa shape index (κ1) is 22.1. The average Bonchev–Trinajstić information content (AvgIpc) is 2.79. The van der Waals surface area contributed by atoms with E-state index in [-0.39, 0.29) is 17.4 Å². The number of aryl methyl sites for hydroxylation is 3. The van der Waals surface area contributed by atoms with Crippen molar-refractivity contribution < 1.29 is 4.79 Å². The summed E-state index contributed by atoms with van der Waals surface area (Å²) < 4.78 is 1.38. The average molecular weight is 451 g/mol. The molecule has 1 amide bonds. The van der Waals surface area contributed by atoms with Crippen molar-refractivity contribution in [3.63, 3.8) is 0 Å². The van der Waals surface area contributed by atoms with Gasteiger partial charge in [0.1, 0.15) is 5.82 Å². The van der Waals surface area contributed by atoms with Gasteiger partial charge < -0.3 is 10.2 Å². The minimum absolute atomic E-state index is 0.0490. The molecular weight excluding hydrogens is 424 g/mol. The summed E-state index contributed by atoms with van der Waals surface area (Å²) in [6.45, 7) is 7.33. The molecule has 32 heavy (non-hydrogen) atoms. The molecule has 0 saturated carbocycles. The smallest absolute Gasteiger partial charge is 0.271 e. The number of halogens is 1. The van der Waals surface area contributed by atoms with E-state index in [1.165, 1.54) is 10.7 Å². The number of hydrogen-bond donors (Lipinski definition) is 1. The van der Waals surface area contributed by atoms with E-state index < -0.39 is 0 Å². The second kappa shape index (κ2) is 9.17. The van der Waals surface area contributed by atoms with Crippen molar-refractivity contribution in [2.45, 2.75) is 33.6 Å². The van der Waals surface area contributed by atoms with Gasteiger partial charge in [-0.05, 0) is 68.5 Å². The molecule has 0 bridgehead atoms. The van der Waals surface area contributed by atoms with Crippen LogP contribution in [0.25, 0.3) is 5.69 Å². The summed E-state index contributed by atoms with van der Waals surface area (Å²) >= 11 is 6.24. The normalized spacial score (nSPS) is 14.4. The number of amides is 1. The molecule has 1 aliphatic rings. The van der Waals surface area contributed by atoms with Crippen LogP contribution in [0.2, 0.25) is 5.02 Å². The van der Waals surface area contributed by atoms with E-state index in [0.29, 0.717) is 23.8 Å². The van der Waals surface area contributed by atoms with Crippen LogP contribution in [0.3, 0.4) is 0 Å². The lowest BCUT2D eigenvalue weighted by atomic mass is 9.95. The maximum absolute atomic E-state index is 12.9. The molecule has 1 aliphatic heterocycles. The number of benzene rings is 2. The molecule has 7 heteroatoms. The SMILES string of the molecule is Cc1ccc(-n2nc(N3CCC(C(=O)Nc4c(C)cccc4C)CC3)ccc2=O)cc1Cl. The zero-order chi connectivity index (χ0) is 22.8. The maximum atomic E-state index is 12.9. The summed E-state index contributed by atoms with van der Waals surface area (Å²) in [5.74, 6) is 0.733. The monoisotopic (exact) mass is 450 g/mol. The van der Waals surface area contributed by atoms with E-state index in [1.54, 1.807) is 12.1 Å². The fraction of sp³-hybridized carbons (Fsp3) is 0.320. The van der Waals surface area contributed by atoms with Gasteiger partial charge in [0, 0.05) is 35.8 Å². The topological polar surface area (TPSA) is 67.2 Å². The molecule has 0 radical (unpaired) electrons. The molecule has 0 atom stereocenters. The Labute approximate surface area is 192 Å². The zero-order valence-electron chi connectivity index (χ0n) is 18.6. The first-order valence-corrected chi connectivity index (χ1v) is 11.2. The Morgan fingerprint density at radius 2 is 1.69 bits per heavy atom. The molecule has 2 aromatic carbocycles. The quantitative estimate of drug-likeness (QED) is 0.627. The number of hydrogen-bond acceptors (Lipinski definition) is 4. The molecule has 4 rings (SSSR count). The maximum Gasteiger partial charge on any atom is 0.271 e. The lowest BCUT2D eigenvalue weighted by molar-refractivity contribution is -0.120. The highest BCUT2D eigenvalue weighted by Gasteiger charge is 2.26. The van der Waals surface area contributed by atoms with Crippen molar-refractivity contribution in [1.29, 1.82) is 0 Å². The molecule has 1 saturated heterocycles. The molecule has 6 nitrogen and oxygen atoms in total. The van der Waals surface area contributed by atoms with Gasteiger partial charge in [-0.1, -0.05) is 35.9 Å². The Morgan fingerprint density at radius 3 is 2.34 bits per heavy atom. The Bertz CT molecular complexity index is 1190. The van der Waals surface area contributed by atoms with Crippen molar-refractivity contribution in [1.82, 2.24) is 9.78 Å². The summed E-state index contributed by atoms with van der Waals surface area (Å²) in [4.78, 5) is 27.4. The number of rotatable bonds is 4. The minimum atomic E-state index is -0.212. The number of anilines is 2. The van der Waals surface area contributed by atoms with E-state index in [2.05, 4.69) is 15.3 Å². The van der Waals surface area contributed by atoms with Crippen molar-refractivity contribution in [2.75, 3.05) is 23.3 Å². The Kier molecular flexibility index (Phi) is 6.33. The van der Waals surface area contributed by atoms with E-state index in [9.17, 15) is 9.59 Å². The third-order valence-corrected chi connectivity index (χ3v) is 6.51. The zero-order valence-corrected chi connectivity index (χ0v) is 19.3. The lowest BCUT2D eigenvalue weighted by Gasteiger charge is -2.32. The fourth-order valence-corrected chi connectivity index (χ4v) is 4.25. The number of piperidine rings is 1. The van der Waals surface area contributed by atoms with Gasteiger partial charge in [-0.15, -0.1) is 5.10 Å². The number of para-hydroxylation sites is 1. The molecule has 1 aromatic heterocycles. The minimum Gasteiger partial charge on any atom is -0.355 e. The predicted molar refractivity (Wildman–Crippen MR) is 129 cm³/mol. The molecule has 0 aliphatic carbocycles. The first-order valence-electron chi connectivity index (χ1n) is 10.8. The Balaban J connectivity index is 1.46. The van der Waals surface area contributed by atoms with Gasteiger partial charge in [-0.2, -0.15) is 4.68 Å². The molecule has 3 aromatic rings. The van der Waals surface area contributed by atoms with Gasteiger partial charge in [0.15, 0.2) is 0 Å². The second-order valence-corrected chi connectivity index (χ2v) is 8.80. The van der Waals surface area contributed by atoms with Gasteiger partial charge in [-0.25, -0.2) is 0 Å². The van der Waals surface area contributed by atoms with Crippen LogP contribution < -0.4 is 15.8 Å². The molecule has 1 fully saturated rings. The third kappa shape index (κ3) is 4.55. The van der Waals surface area contributed by atoms with Gasteiger partial charge in [-0.3, -0.25) is 9.59 Å². The molecule has 2 heterocycles. The van der Waals surface area contributed by atoms with Crippen LogP contribution >= 0.6 is 11.6 Å². The Hall–Kier alpha value is -3.12. The van der Waals surface area contributed by atoms with Crippen LogP contribution in [0.5, 0.6) is 0 Å². The summed E-state index contributed by atoms with van der Waals surface area (Å²) in [5, 5.41) is 8.28. The summed E-state index contributed by atoms with van der Waals surface area (Å²) in [6, 6.07) is 14.7. The highest BCUT2D eigenvalue weighted by Crippen LogP contribution is 2.26. The number of carbonyl (C=O) groups excluding carboxylic acids is 1. The summed E-state index contributed by atoms with van der Waals surface area (Å²) in [5.41, 5.74) is 4.41. The molecular formula is C25H27ClN4O2. The van der Waals surface area contributed by atoms with E-state index >= 15 is 0 Å². The lowest BCUT2D eigenvalue weighted by Crippen LogP contribution is -2.39. The van der Waals surface area contributed by atoms with Crippen molar-refractivity contribution >= 4 is 29.0 Å². The molecule has 1 N–H and O–H groups in total. The van der Waals surface area contributed by atoms with Crippen molar-refractivity contribution in [3.05, 3.63) is 80.6 Å². The number of nitrogens with one attached hydrogen (secondary N) is 1. The van der Waals surface area contributed by atoms with Crippen LogP contribution in [0, 0.1) is 26.7 Å². The number of nitrogens with zero attached hydrogens (tertiary/aromatic N) is 3. The fourth-order valence-electron chi connectivity index (χ4n) is 4.08. The van der Waals surface area contributed by atoms with Crippen LogP contribution in [-0.4, -0.2) is 28.8 Å². The summed E-state index contributed by atoms with van der Waals surface area (Å²) in [6.07, 6.45) is 1.46. The molecule has 166 valence electrons. The van der Waals surface area contributed by atoms with Gasteiger partial charge in [0.25, 0.3) is 5.56 Å². The van der Waals surface area contributed by atoms with Crippen LogP contribution in [-0.2, 0) is 4.79 Å². The van der Waals surface area contributed by atoms with Gasteiger partial charge >= 0.3 is 0 Å². The van der Waals surface area contributed by atoms with E-state index in [0.717, 1.165) is 41.0 Å². The highest BCUT2D eigenvalue weighted by molar-refractivity contribution is 6.31.